The molecule has 1 heterocycles. The number of nitrogens with zero attached hydrogens (tertiary/aromatic N) is 3. The summed E-state index contributed by atoms with van der Waals surface area (Å²) >= 11 is 0. The highest BCUT2D eigenvalue weighted by atomic mass is 16.2. The summed E-state index contributed by atoms with van der Waals surface area (Å²) in [6.45, 7) is 5.23. The number of benzene rings is 1. The summed E-state index contributed by atoms with van der Waals surface area (Å²) in [5.74, 6) is 0. The lowest BCUT2D eigenvalue weighted by molar-refractivity contribution is 0.148. The number of hydrogen-bond donors (Lipinski definition) is 2. The minimum Gasteiger partial charge on any atom is -0.350 e. The Hall–Kier alpha value is -1.92. The number of amides is 2. The number of carbonyl (C=O) groups is 1. The van der Waals surface area contributed by atoms with Gasteiger partial charge >= 0.3 is 6.03 Å². The number of likely N-dealkylation sites (N-methyl/N-ethyl adjacent to an activating group) is 1. The molecule has 2 rings (SSSR count). The van der Waals surface area contributed by atoms with E-state index in [1.807, 2.05) is 18.2 Å². The molecule has 1 aromatic rings. The summed E-state index contributed by atoms with van der Waals surface area (Å²) in [5, 5.41) is 3.83. The van der Waals surface area contributed by atoms with E-state index in [9.17, 15) is 4.79 Å². The summed E-state index contributed by atoms with van der Waals surface area (Å²) in [6, 6.07) is 7.39. The maximum atomic E-state index is 10.6. The second-order valence-electron chi connectivity index (χ2n) is 5.01. The molecule has 0 aromatic heterocycles. The van der Waals surface area contributed by atoms with E-state index < -0.39 is 6.03 Å². The fourth-order valence-electron chi connectivity index (χ4n) is 2.22. The lowest BCUT2D eigenvalue weighted by atomic mass is 10.1. The van der Waals surface area contributed by atoms with Gasteiger partial charge in [-0.05, 0) is 18.2 Å². The van der Waals surface area contributed by atoms with Gasteiger partial charge in [-0.15, -0.1) is 0 Å². The number of urea groups is 1. The zero-order chi connectivity index (χ0) is 14.4. The molecule has 0 unspecified atom stereocenters. The molecule has 0 spiro atoms. The number of nitrogens with one attached hydrogen (secondary N) is 1. The first kappa shape index (κ1) is 14.5. The predicted octanol–water partition coefficient (Wildman–Crippen LogP) is 0.436. The molecule has 1 aliphatic heterocycles. The predicted molar refractivity (Wildman–Crippen MR) is 79.5 cm³/mol. The molecule has 1 aromatic carbocycles. The van der Waals surface area contributed by atoms with Crippen LogP contribution in [-0.4, -0.2) is 55.3 Å². The molecule has 108 valence electrons. The maximum Gasteiger partial charge on any atom is 0.332 e. The van der Waals surface area contributed by atoms with E-state index in [2.05, 4.69) is 33.4 Å². The second-order valence-corrected chi connectivity index (χ2v) is 5.01. The summed E-state index contributed by atoms with van der Waals surface area (Å²) in [5.41, 5.74) is 9.40. The van der Waals surface area contributed by atoms with E-state index in [-0.39, 0.29) is 0 Å². The van der Waals surface area contributed by atoms with Crippen molar-refractivity contribution in [3.8, 4) is 0 Å². The molecule has 3 N–H and O–H groups in total. The van der Waals surface area contributed by atoms with Gasteiger partial charge in [0.05, 0.1) is 6.21 Å². The molecule has 0 bridgehead atoms. The first-order valence-electron chi connectivity index (χ1n) is 6.72. The molecule has 20 heavy (non-hydrogen) atoms. The smallest absolute Gasteiger partial charge is 0.332 e. The van der Waals surface area contributed by atoms with Gasteiger partial charge in [-0.1, -0.05) is 24.3 Å². The SMILES string of the molecule is CN1CCN(Cc2ccccc2C=NNC(N)=O)CC1. The fraction of sp³-hybridized carbons (Fsp3) is 0.429. The van der Waals surface area contributed by atoms with Crippen LogP contribution in [0.25, 0.3) is 0 Å². The van der Waals surface area contributed by atoms with E-state index in [0.717, 1.165) is 38.3 Å². The van der Waals surface area contributed by atoms with Crippen molar-refractivity contribution in [1.82, 2.24) is 15.2 Å². The molecule has 0 atom stereocenters. The second kappa shape index (κ2) is 7.02. The first-order chi connectivity index (χ1) is 9.65. The lowest BCUT2D eigenvalue weighted by Crippen LogP contribution is -2.44. The van der Waals surface area contributed by atoms with Crippen LogP contribution in [0.2, 0.25) is 0 Å². The summed E-state index contributed by atoms with van der Waals surface area (Å²) < 4.78 is 0. The third-order valence-corrected chi connectivity index (χ3v) is 3.42. The highest BCUT2D eigenvalue weighted by molar-refractivity contribution is 5.83. The average molecular weight is 275 g/mol. The number of hydrogen-bond acceptors (Lipinski definition) is 4. The first-order valence-corrected chi connectivity index (χ1v) is 6.72. The van der Waals surface area contributed by atoms with E-state index in [0.29, 0.717) is 0 Å². The number of primary amides is 1. The van der Waals surface area contributed by atoms with Crippen LogP contribution in [0.5, 0.6) is 0 Å². The van der Waals surface area contributed by atoms with Crippen LogP contribution in [-0.2, 0) is 6.54 Å². The molecule has 2 amide bonds. The number of piperazine rings is 1. The standard InChI is InChI=1S/C14H21N5O/c1-18-6-8-19(9-7-18)11-13-5-3-2-4-12(13)10-16-17-14(15)20/h2-5,10H,6-9,11H2,1H3,(H3,15,17,20). The van der Waals surface area contributed by atoms with Crippen molar-refractivity contribution < 1.29 is 4.79 Å². The van der Waals surface area contributed by atoms with Crippen LogP contribution in [0.4, 0.5) is 4.79 Å². The van der Waals surface area contributed by atoms with Crippen molar-refractivity contribution in [2.45, 2.75) is 6.54 Å². The van der Waals surface area contributed by atoms with Crippen molar-refractivity contribution in [3.05, 3.63) is 35.4 Å². The number of hydrazone groups is 1. The van der Waals surface area contributed by atoms with Gasteiger partial charge in [-0.25, -0.2) is 10.2 Å². The monoisotopic (exact) mass is 275 g/mol. The van der Waals surface area contributed by atoms with Crippen molar-refractivity contribution in [2.75, 3.05) is 33.2 Å². The quantitative estimate of drug-likeness (QED) is 0.618. The van der Waals surface area contributed by atoms with E-state index in [4.69, 9.17) is 5.73 Å². The Morgan fingerprint density at radius 1 is 1.35 bits per heavy atom. The van der Waals surface area contributed by atoms with Crippen molar-refractivity contribution >= 4 is 12.2 Å². The third-order valence-electron chi connectivity index (χ3n) is 3.42. The molecule has 0 aliphatic carbocycles. The topological polar surface area (TPSA) is 74.0 Å². The molecule has 1 aliphatic rings. The largest absolute Gasteiger partial charge is 0.350 e. The fourth-order valence-corrected chi connectivity index (χ4v) is 2.22. The Balaban J connectivity index is 2.00. The van der Waals surface area contributed by atoms with Crippen molar-refractivity contribution in [3.63, 3.8) is 0 Å². The van der Waals surface area contributed by atoms with Crippen LogP contribution < -0.4 is 11.2 Å². The van der Waals surface area contributed by atoms with Gasteiger partial charge in [0.25, 0.3) is 0 Å². The molecule has 1 fully saturated rings. The van der Waals surface area contributed by atoms with Crippen LogP contribution in [0.1, 0.15) is 11.1 Å². The number of carbonyl (C=O) groups excluding carboxylic acids is 1. The zero-order valence-corrected chi connectivity index (χ0v) is 11.7. The van der Waals surface area contributed by atoms with Gasteiger partial charge in [0.2, 0.25) is 0 Å². The van der Waals surface area contributed by atoms with E-state index >= 15 is 0 Å². The minimum absolute atomic E-state index is 0.655. The highest BCUT2D eigenvalue weighted by Crippen LogP contribution is 2.11. The van der Waals surface area contributed by atoms with E-state index in [1.54, 1.807) is 6.21 Å². The molecule has 1 saturated heterocycles. The zero-order valence-electron chi connectivity index (χ0n) is 11.7. The minimum atomic E-state index is -0.655. The number of rotatable bonds is 4. The molecular formula is C14H21N5O. The summed E-state index contributed by atoms with van der Waals surface area (Å²) in [7, 11) is 2.15. The maximum absolute atomic E-state index is 10.6. The van der Waals surface area contributed by atoms with E-state index in [1.165, 1.54) is 5.56 Å². The van der Waals surface area contributed by atoms with Crippen LogP contribution >= 0.6 is 0 Å². The van der Waals surface area contributed by atoms with Crippen LogP contribution in [0, 0.1) is 0 Å². The Morgan fingerprint density at radius 2 is 2.05 bits per heavy atom. The van der Waals surface area contributed by atoms with Crippen LogP contribution in [0.15, 0.2) is 29.4 Å². The van der Waals surface area contributed by atoms with Crippen LogP contribution in [0.3, 0.4) is 0 Å². The number of nitrogens with two attached hydrogens (primary N) is 1. The summed E-state index contributed by atoms with van der Waals surface area (Å²) in [4.78, 5) is 15.4. The Morgan fingerprint density at radius 3 is 2.75 bits per heavy atom. The Kier molecular flexibility index (Phi) is 5.09. The molecule has 6 nitrogen and oxygen atoms in total. The van der Waals surface area contributed by atoms with Gasteiger partial charge in [0.1, 0.15) is 0 Å². The van der Waals surface area contributed by atoms with Gasteiger partial charge in [0, 0.05) is 32.7 Å². The Bertz CT molecular complexity index is 480. The van der Waals surface area contributed by atoms with Crippen molar-refractivity contribution in [2.24, 2.45) is 10.8 Å². The van der Waals surface area contributed by atoms with Gasteiger partial charge < -0.3 is 10.6 Å². The van der Waals surface area contributed by atoms with Gasteiger partial charge in [-0.2, -0.15) is 5.10 Å². The van der Waals surface area contributed by atoms with Gasteiger partial charge in [0.15, 0.2) is 0 Å². The third kappa shape index (κ3) is 4.32. The molecule has 0 saturated carbocycles. The molecule has 0 radical (unpaired) electrons. The molecule has 6 heteroatoms. The average Bonchev–Trinajstić information content (AvgIpc) is 2.43. The Labute approximate surface area is 119 Å². The summed E-state index contributed by atoms with van der Waals surface area (Å²) in [6.07, 6.45) is 1.64. The van der Waals surface area contributed by atoms with Gasteiger partial charge in [-0.3, -0.25) is 4.90 Å². The normalized spacial score (nSPS) is 17.4. The highest BCUT2D eigenvalue weighted by Gasteiger charge is 2.14. The molecular weight excluding hydrogens is 254 g/mol. The van der Waals surface area contributed by atoms with Crippen molar-refractivity contribution in [1.29, 1.82) is 0 Å². The lowest BCUT2D eigenvalue weighted by Gasteiger charge is -2.32.